The first-order chi connectivity index (χ1) is 6.18. The molecule has 1 rings (SSSR count). The van der Waals surface area contributed by atoms with E-state index in [1.807, 2.05) is 0 Å². The van der Waals surface area contributed by atoms with Crippen molar-refractivity contribution in [1.29, 1.82) is 0 Å². The summed E-state index contributed by atoms with van der Waals surface area (Å²) in [4.78, 5) is 21.1. The summed E-state index contributed by atoms with van der Waals surface area (Å²) >= 11 is 0. The largest absolute Gasteiger partial charge is 0.478 e. The Balaban J connectivity index is 2.03. The Kier molecular flexibility index (Phi) is 3.49. The van der Waals surface area contributed by atoms with Gasteiger partial charge in [0.1, 0.15) is 0 Å². The summed E-state index contributed by atoms with van der Waals surface area (Å²) in [6.45, 7) is 0.303. The predicted octanol–water partition coefficient (Wildman–Crippen LogP) is 0.543. The number of aliphatic carboxylic acids is 1. The van der Waals surface area contributed by atoms with Gasteiger partial charge in [-0.15, -0.1) is 0 Å². The quantitative estimate of drug-likeness (QED) is 0.611. The van der Waals surface area contributed by atoms with Crippen molar-refractivity contribution in [3.63, 3.8) is 0 Å². The molecule has 0 aromatic carbocycles. The Hall–Kier alpha value is -1.32. The summed E-state index contributed by atoms with van der Waals surface area (Å²) in [7, 11) is 0. The summed E-state index contributed by atoms with van der Waals surface area (Å²) in [6.07, 6.45) is 5.34. The molecule has 13 heavy (non-hydrogen) atoms. The maximum Gasteiger partial charge on any atom is 0.328 e. The Labute approximate surface area is 76.6 Å². The van der Waals surface area contributed by atoms with Crippen molar-refractivity contribution in [1.82, 2.24) is 5.32 Å². The SMILES string of the molecule is O=C(O)/C=C\CNC(=O)CC1CC1. The number of carboxylic acid groups (broad SMARTS) is 1. The van der Waals surface area contributed by atoms with Crippen LogP contribution in [0, 0.1) is 5.92 Å². The van der Waals surface area contributed by atoms with Crippen LogP contribution in [-0.2, 0) is 9.59 Å². The highest BCUT2D eigenvalue weighted by molar-refractivity contribution is 5.80. The normalized spacial score (nSPS) is 16.0. The van der Waals surface area contributed by atoms with Gasteiger partial charge in [0, 0.05) is 19.0 Å². The van der Waals surface area contributed by atoms with Gasteiger partial charge in [-0.3, -0.25) is 4.79 Å². The van der Waals surface area contributed by atoms with Crippen molar-refractivity contribution < 1.29 is 14.7 Å². The summed E-state index contributed by atoms with van der Waals surface area (Å²) in [5.74, 6) is -0.405. The Bertz CT molecular complexity index is 231. The van der Waals surface area contributed by atoms with Crippen LogP contribution >= 0.6 is 0 Å². The van der Waals surface area contributed by atoms with E-state index >= 15 is 0 Å². The van der Waals surface area contributed by atoms with E-state index in [0.29, 0.717) is 18.9 Å². The second kappa shape index (κ2) is 4.64. The van der Waals surface area contributed by atoms with Crippen molar-refractivity contribution >= 4 is 11.9 Å². The van der Waals surface area contributed by atoms with Crippen LogP contribution < -0.4 is 5.32 Å². The van der Waals surface area contributed by atoms with Gasteiger partial charge in [-0.2, -0.15) is 0 Å². The van der Waals surface area contributed by atoms with Crippen LogP contribution in [0.2, 0.25) is 0 Å². The first-order valence-electron chi connectivity index (χ1n) is 4.34. The van der Waals surface area contributed by atoms with E-state index in [1.165, 1.54) is 6.08 Å². The average molecular weight is 183 g/mol. The van der Waals surface area contributed by atoms with E-state index in [2.05, 4.69) is 5.32 Å². The van der Waals surface area contributed by atoms with Gasteiger partial charge in [-0.1, -0.05) is 6.08 Å². The van der Waals surface area contributed by atoms with Crippen LogP contribution in [0.25, 0.3) is 0 Å². The van der Waals surface area contributed by atoms with Crippen molar-refractivity contribution in [2.24, 2.45) is 5.92 Å². The van der Waals surface area contributed by atoms with Gasteiger partial charge < -0.3 is 10.4 Å². The summed E-state index contributed by atoms with van der Waals surface area (Å²) in [5, 5.41) is 10.9. The van der Waals surface area contributed by atoms with Crippen molar-refractivity contribution in [3.05, 3.63) is 12.2 Å². The Morgan fingerprint density at radius 2 is 2.15 bits per heavy atom. The molecule has 0 saturated heterocycles. The highest BCUT2D eigenvalue weighted by Crippen LogP contribution is 2.31. The van der Waals surface area contributed by atoms with Crippen molar-refractivity contribution in [2.75, 3.05) is 6.54 Å². The first-order valence-corrected chi connectivity index (χ1v) is 4.34. The lowest BCUT2D eigenvalue weighted by molar-refractivity contribution is -0.131. The minimum atomic E-state index is -0.989. The van der Waals surface area contributed by atoms with Gasteiger partial charge in [-0.25, -0.2) is 4.79 Å². The van der Waals surface area contributed by atoms with Crippen molar-refractivity contribution in [2.45, 2.75) is 19.3 Å². The number of hydrogen-bond acceptors (Lipinski definition) is 2. The summed E-state index contributed by atoms with van der Waals surface area (Å²) < 4.78 is 0. The Morgan fingerprint density at radius 3 is 2.69 bits per heavy atom. The Morgan fingerprint density at radius 1 is 1.46 bits per heavy atom. The van der Waals surface area contributed by atoms with Gasteiger partial charge in [0.2, 0.25) is 5.91 Å². The smallest absolute Gasteiger partial charge is 0.328 e. The van der Waals surface area contributed by atoms with E-state index in [-0.39, 0.29) is 5.91 Å². The van der Waals surface area contributed by atoms with Gasteiger partial charge >= 0.3 is 5.97 Å². The molecular formula is C9H13NO3. The molecule has 0 aromatic heterocycles. The molecule has 0 aliphatic heterocycles. The lowest BCUT2D eigenvalue weighted by Crippen LogP contribution is -2.23. The first kappa shape index (κ1) is 9.77. The van der Waals surface area contributed by atoms with Crippen LogP contribution in [0.3, 0.4) is 0 Å². The molecule has 0 unspecified atom stereocenters. The lowest BCUT2D eigenvalue weighted by atomic mass is 10.3. The maximum absolute atomic E-state index is 11.0. The molecule has 4 heteroatoms. The molecule has 1 aliphatic rings. The van der Waals surface area contributed by atoms with Crippen LogP contribution in [0.15, 0.2) is 12.2 Å². The maximum atomic E-state index is 11.0. The topological polar surface area (TPSA) is 66.4 Å². The number of rotatable bonds is 5. The number of carboxylic acids is 1. The molecule has 1 amide bonds. The average Bonchev–Trinajstić information content (AvgIpc) is 2.81. The third-order valence-electron chi connectivity index (χ3n) is 1.85. The van der Waals surface area contributed by atoms with Gasteiger partial charge in [0.15, 0.2) is 0 Å². The summed E-state index contributed by atoms with van der Waals surface area (Å²) in [6, 6.07) is 0. The molecule has 1 aliphatic carbocycles. The highest BCUT2D eigenvalue weighted by Gasteiger charge is 2.23. The second-order valence-electron chi connectivity index (χ2n) is 3.19. The predicted molar refractivity (Wildman–Crippen MR) is 47.1 cm³/mol. The van der Waals surface area contributed by atoms with Gasteiger partial charge in [-0.05, 0) is 18.8 Å². The van der Waals surface area contributed by atoms with Crippen LogP contribution in [-0.4, -0.2) is 23.5 Å². The zero-order valence-corrected chi connectivity index (χ0v) is 7.32. The molecule has 72 valence electrons. The molecular weight excluding hydrogens is 170 g/mol. The van der Waals surface area contributed by atoms with E-state index < -0.39 is 5.97 Å². The molecule has 0 heterocycles. The van der Waals surface area contributed by atoms with Gasteiger partial charge in [0.05, 0.1) is 0 Å². The van der Waals surface area contributed by atoms with E-state index in [4.69, 9.17) is 5.11 Å². The molecule has 4 nitrogen and oxygen atoms in total. The molecule has 0 radical (unpaired) electrons. The fourth-order valence-corrected chi connectivity index (χ4v) is 0.989. The molecule has 0 aromatic rings. The molecule has 0 atom stereocenters. The monoisotopic (exact) mass is 183 g/mol. The fourth-order valence-electron chi connectivity index (χ4n) is 0.989. The van der Waals surface area contributed by atoms with Gasteiger partial charge in [0.25, 0.3) is 0 Å². The zero-order chi connectivity index (χ0) is 9.68. The standard InChI is InChI=1S/C9H13NO3/c11-8(6-7-3-4-7)10-5-1-2-9(12)13/h1-2,7H,3-6H2,(H,10,11)(H,12,13)/b2-1-. The molecule has 0 bridgehead atoms. The third kappa shape index (κ3) is 5.00. The number of carbonyl (C=O) groups excluding carboxylic acids is 1. The minimum absolute atomic E-state index is 0.0116. The van der Waals surface area contributed by atoms with E-state index in [9.17, 15) is 9.59 Å². The highest BCUT2D eigenvalue weighted by atomic mass is 16.4. The molecule has 1 fully saturated rings. The molecule has 1 saturated carbocycles. The lowest BCUT2D eigenvalue weighted by Gasteiger charge is -1.99. The van der Waals surface area contributed by atoms with Crippen molar-refractivity contribution in [3.8, 4) is 0 Å². The second-order valence-corrected chi connectivity index (χ2v) is 3.19. The van der Waals surface area contributed by atoms with Crippen LogP contribution in [0.1, 0.15) is 19.3 Å². The summed E-state index contributed by atoms with van der Waals surface area (Å²) in [5.41, 5.74) is 0. The van der Waals surface area contributed by atoms with Crippen LogP contribution in [0.4, 0.5) is 0 Å². The zero-order valence-electron chi connectivity index (χ0n) is 7.32. The van der Waals surface area contributed by atoms with E-state index in [1.54, 1.807) is 0 Å². The fraction of sp³-hybridized carbons (Fsp3) is 0.556. The number of nitrogens with one attached hydrogen (secondary N) is 1. The third-order valence-corrected chi connectivity index (χ3v) is 1.85. The molecule has 0 spiro atoms. The number of carbonyl (C=O) groups is 2. The number of hydrogen-bond donors (Lipinski definition) is 2. The van der Waals surface area contributed by atoms with Crippen LogP contribution in [0.5, 0.6) is 0 Å². The molecule has 2 N–H and O–H groups in total. The minimum Gasteiger partial charge on any atom is -0.478 e. The number of amides is 1. The van der Waals surface area contributed by atoms with E-state index in [0.717, 1.165) is 18.9 Å².